The van der Waals surface area contributed by atoms with Crippen molar-refractivity contribution in [1.29, 1.82) is 0 Å². The number of nitrogens with zero attached hydrogens (tertiary/aromatic N) is 3. The number of likely N-dealkylation sites (tertiary alicyclic amines) is 1. The summed E-state index contributed by atoms with van der Waals surface area (Å²) in [6, 6.07) is 20.5. The minimum absolute atomic E-state index is 0.212. The lowest BCUT2D eigenvalue weighted by molar-refractivity contribution is 0.109. The molecule has 0 amide bonds. The smallest absolute Gasteiger partial charge is 0.234 e. The van der Waals surface area contributed by atoms with Gasteiger partial charge in [-0.3, -0.25) is 0 Å². The number of aromatic nitrogens is 2. The van der Waals surface area contributed by atoms with Gasteiger partial charge in [-0.25, -0.2) is 0 Å². The van der Waals surface area contributed by atoms with E-state index in [-0.39, 0.29) is 6.10 Å². The van der Waals surface area contributed by atoms with Gasteiger partial charge >= 0.3 is 0 Å². The van der Waals surface area contributed by atoms with Gasteiger partial charge in [0.15, 0.2) is 0 Å². The highest BCUT2D eigenvalue weighted by Crippen LogP contribution is 2.29. The second-order valence-electron chi connectivity index (χ2n) is 8.57. The average molecular weight is 432 g/mol. The van der Waals surface area contributed by atoms with Crippen molar-refractivity contribution in [2.75, 3.05) is 20.1 Å². The first kappa shape index (κ1) is 22.3. The van der Waals surface area contributed by atoms with Crippen molar-refractivity contribution in [3.63, 3.8) is 0 Å². The third-order valence-electron chi connectivity index (χ3n) is 5.98. The Morgan fingerprint density at radius 2 is 1.72 bits per heavy atom. The van der Waals surface area contributed by atoms with E-state index in [2.05, 4.69) is 59.4 Å². The Morgan fingerprint density at radius 1 is 0.969 bits per heavy atom. The Bertz CT molecular complexity index is 968. The van der Waals surface area contributed by atoms with E-state index in [1.807, 2.05) is 30.3 Å². The summed E-state index contributed by atoms with van der Waals surface area (Å²) in [5.74, 6) is 1.48. The Labute approximate surface area is 191 Å². The van der Waals surface area contributed by atoms with E-state index in [1.54, 1.807) is 0 Å². The number of rotatable bonds is 9. The summed E-state index contributed by atoms with van der Waals surface area (Å²) in [4.78, 5) is 2.34. The quantitative estimate of drug-likeness (QED) is 0.445. The summed E-state index contributed by atoms with van der Waals surface area (Å²) in [6.07, 6.45) is 5.40. The van der Waals surface area contributed by atoms with Crippen LogP contribution in [0.2, 0.25) is 0 Å². The Kier molecular flexibility index (Phi) is 7.73. The number of unbranched alkanes of at least 4 members (excludes halogenated alkanes) is 1. The third kappa shape index (κ3) is 6.07. The lowest BCUT2D eigenvalue weighted by atomic mass is 10.0. The van der Waals surface area contributed by atoms with Gasteiger partial charge in [0.05, 0.1) is 5.69 Å². The molecule has 0 unspecified atom stereocenters. The number of hydrogen-bond donors (Lipinski definition) is 0. The third-order valence-corrected chi connectivity index (χ3v) is 5.98. The van der Waals surface area contributed by atoms with Crippen molar-refractivity contribution < 1.29 is 9.47 Å². The molecule has 0 spiro atoms. The average Bonchev–Trinajstić information content (AvgIpc) is 2.84. The van der Waals surface area contributed by atoms with Gasteiger partial charge in [-0.1, -0.05) is 55.8 Å². The molecule has 5 nitrogen and oxygen atoms in total. The largest absolute Gasteiger partial charge is 0.489 e. The maximum Gasteiger partial charge on any atom is 0.234 e. The van der Waals surface area contributed by atoms with Crippen LogP contribution >= 0.6 is 0 Å². The van der Waals surface area contributed by atoms with Crippen molar-refractivity contribution >= 4 is 0 Å². The van der Waals surface area contributed by atoms with Crippen molar-refractivity contribution in [3.05, 3.63) is 71.9 Å². The minimum Gasteiger partial charge on any atom is -0.489 e. The maximum absolute atomic E-state index is 6.21. The summed E-state index contributed by atoms with van der Waals surface area (Å²) in [5.41, 5.74) is 4.41. The zero-order valence-electron chi connectivity index (χ0n) is 19.2. The van der Waals surface area contributed by atoms with E-state index in [4.69, 9.17) is 9.47 Å². The first-order valence-electron chi connectivity index (χ1n) is 11.7. The molecule has 5 heteroatoms. The van der Waals surface area contributed by atoms with Crippen LogP contribution in [-0.2, 0) is 13.0 Å². The Morgan fingerprint density at radius 3 is 2.44 bits per heavy atom. The van der Waals surface area contributed by atoms with Crippen molar-refractivity contribution in [2.45, 2.75) is 51.7 Å². The molecule has 0 aliphatic carbocycles. The number of piperidine rings is 1. The fourth-order valence-electron chi connectivity index (χ4n) is 3.98. The zero-order valence-corrected chi connectivity index (χ0v) is 19.2. The van der Waals surface area contributed by atoms with E-state index in [1.165, 1.54) is 0 Å². The SMILES string of the molecule is CCCCc1nnc(OC2CCN(C)CC2)cc1-c1ccc(OCc2ccccc2)cc1. The van der Waals surface area contributed by atoms with Crippen LogP contribution in [0.1, 0.15) is 43.9 Å². The second-order valence-corrected chi connectivity index (χ2v) is 8.57. The molecule has 32 heavy (non-hydrogen) atoms. The van der Waals surface area contributed by atoms with Crippen LogP contribution in [0.5, 0.6) is 11.6 Å². The molecule has 3 aromatic rings. The standard InChI is InChI=1S/C27H33N3O2/c1-3-4-10-26-25(19-27(29-28-26)32-24-15-17-30(2)18-16-24)22-11-13-23(14-12-22)31-20-21-8-6-5-7-9-21/h5-9,11-14,19,24H,3-4,10,15-18,20H2,1-2H3. The molecule has 168 valence electrons. The number of benzene rings is 2. The van der Waals surface area contributed by atoms with Gasteiger partial charge < -0.3 is 14.4 Å². The molecule has 4 rings (SSSR count). The van der Waals surface area contributed by atoms with E-state index in [0.29, 0.717) is 12.5 Å². The van der Waals surface area contributed by atoms with Gasteiger partial charge in [0.25, 0.3) is 0 Å². The monoisotopic (exact) mass is 431 g/mol. The van der Waals surface area contributed by atoms with E-state index >= 15 is 0 Å². The maximum atomic E-state index is 6.21. The molecule has 0 bridgehead atoms. The fraction of sp³-hybridized carbons (Fsp3) is 0.407. The van der Waals surface area contributed by atoms with Crippen molar-refractivity contribution in [1.82, 2.24) is 15.1 Å². The summed E-state index contributed by atoms with van der Waals surface area (Å²) >= 11 is 0. The zero-order chi connectivity index (χ0) is 22.2. The second kappa shape index (κ2) is 11.1. The van der Waals surface area contributed by atoms with Crippen LogP contribution in [0, 0.1) is 0 Å². The molecule has 1 fully saturated rings. The van der Waals surface area contributed by atoms with Crippen LogP contribution < -0.4 is 9.47 Å². The molecule has 1 aliphatic rings. The van der Waals surface area contributed by atoms with Gasteiger partial charge in [-0.2, -0.15) is 5.10 Å². The molecule has 1 saturated heterocycles. The van der Waals surface area contributed by atoms with Gasteiger partial charge in [0.2, 0.25) is 5.88 Å². The summed E-state index contributed by atoms with van der Waals surface area (Å²) in [6.45, 7) is 4.88. The van der Waals surface area contributed by atoms with Crippen LogP contribution in [0.25, 0.3) is 11.1 Å². The molecule has 0 saturated carbocycles. The molecule has 1 aromatic heterocycles. The lowest BCUT2D eigenvalue weighted by Gasteiger charge is -2.28. The van der Waals surface area contributed by atoms with E-state index in [9.17, 15) is 0 Å². The Hall–Kier alpha value is -2.92. The van der Waals surface area contributed by atoms with E-state index < -0.39 is 0 Å². The molecular formula is C27H33N3O2. The topological polar surface area (TPSA) is 47.5 Å². The van der Waals surface area contributed by atoms with Crippen LogP contribution in [0.3, 0.4) is 0 Å². The van der Waals surface area contributed by atoms with Crippen LogP contribution in [0.15, 0.2) is 60.7 Å². The molecular weight excluding hydrogens is 398 g/mol. The van der Waals surface area contributed by atoms with Crippen molar-refractivity contribution in [2.24, 2.45) is 0 Å². The highest BCUT2D eigenvalue weighted by atomic mass is 16.5. The number of ether oxygens (including phenoxy) is 2. The summed E-state index contributed by atoms with van der Waals surface area (Å²) < 4.78 is 12.2. The highest BCUT2D eigenvalue weighted by Gasteiger charge is 2.19. The van der Waals surface area contributed by atoms with Crippen molar-refractivity contribution in [3.8, 4) is 22.8 Å². The normalized spacial score (nSPS) is 14.9. The van der Waals surface area contributed by atoms with Crippen LogP contribution in [0.4, 0.5) is 0 Å². The molecule has 1 aliphatic heterocycles. The first-order chi connectivity index (χ1) is 15.7. The number of hydrogen-bond acceptors (Lipinski definition) is 5. The van der Waals surface area contributed by atoms with E-state index in [0.717, 1.165) is 73.3 Å². The van der Waals surface area contributed by atoms with Gasteiger partial charge in [-0.15, -0.1) is 5.10 Å². The van der Waals surface area contributed by atoms with Gasteiger partial charge in [0.1, 0.15) is 18.5 Å². The summed E-state index contributed by atoms with van der Waals surface area (Å²) in [7, 11) is 2.16. The molecule has 0 N–H and O–H groups in total. The molecule has 2 aromatic carbocycles. The number of aryl methyl sites for hydroxylation is 1. The Balaban J connectivity index is 1.49. The predicted octanol–water partition coefficient (Wildman–Crippen LogP) is 5.54. The van der Waals surface area contributed by atoms with Gasteiger partial charge in [0, 0.05) is 24.7 Å². The van der Waals surface area contributed by atoms with Gasteiger partial charge in [-0.05, 0) is 56.0 Å². The summed E-state index contributed by atoms with van der Waals surface area (Å²) in [5, 5.41) is 8.96. The predicted molar refractivity (Wildman–Crippen MR) is 128 cm³/mol. The lowest BCUT2D eigenvalue weighted by Crippen LogP contribution is -2.35. The fourth-order valence-corrected chi connectivity index (χ4v) is 3.98. The van der Waals surface area contributed by atoms with Crippen LogP contribution in [-0.4, -0.2) is 41.3 Å². The first-order valence-corrected chi connectivity index (χ1v) is 11.7. The minimum atomic E-state index is 0.212. The molecule has 2 heterocycles. The highest BCUT2D eigenvalue weighted by molar-refractivity contribution is 5.67. The molecule has 0 atom stereocenters. The molecule has 0 radical (unpaired) electrons.